The first-order valence-electron chi connectivity index (χ1n) is 9.43. The molecule has 2 amide bonds. The lowest BCUT2D eigenvalue weighted by atomic mass is 9.87. The number of unbranched alkanes of at least 4 members (excludes halogenated alkanes) is 1. The molecule has 0 bridgehead atoms. The van der Waals surface area contributed by atoms with E-state index in [1.54, 1.807) is 7.05 Å². The van der Waals surface area contributed by atoms with E-state index in [0.717, 1.165) is 51.4 Å². The smallest absolute Gasteiger partial charge is 0.228 e. The van der Waals surface area contributed by atoms with Gasteiger partial charge in [0.15, 0.2) is 0 Å². The van der Waals surface area contributed by atoms with Crippen LogP contribution in [0.4, 0.5) is 0 Å². The molecule has 1 saturated carbocycles. The van der Waals surface area contributed by atoms with Crippen LogP contribution in [-0.4, -0.2) is 37.4 Å². The molecule has 1 aliphatic rings. The van der Waals surface area contributed by atoms with Crippen molar-refractivity contribution >= 4 is 23.8 Å². The number of rotatable bonds is 5. The van der Waals surface area contributed by atoms with Crippen molar-refractivity contribution in [3.8, 4) is 0 Å². The van der Waals surface area contributed by atoms with Gasteiger partial charge in [-0.3, -0.25) is 9.59 Å². The molecule has 1 unspecified atom stereocenters. The molecule has 0 aromatic carbocycles. The van der Waals surface area contributed by atoms with Crippen LogP contribution < -0.4 is 10.6 Å². The summed E-state index contributed by atoms with van der Waals surface area (Å²) in [6.07, 6.45) is 7.41. The van der Waals surface area contributed by atoms with E-state index in [0.29, 0.717) is 12.1 Å². The fourth-order valence-electron chi connectivity index (χ4n) is 2.01. The third-order valence-electron chi connectivity index (χ3n) is 3.35. The normalized spacial score (nSPS) is 15.0. The highest BCUT2D eigenvalue weighted by atomic mass is 16.2. The molecule has 0 heterocycles. The van der Waals surface area contributed by atoms with Gasteiger partial charge in [-0.05, 0) is 32.6 Å². The Balaban J connectivity index is -0.000000312. The Bertz CT molecular complexity index is 350. The van der Waals surface area contributed by atoms with E-state index in [2.05, 4.69) is 17.6 Å². The van der Waals surface area contributed by atoms with Crippen LogP contribution in [0.2, 0.25) is 0 Å². The molecule has 0 saturated heterocycles. The van der Waals surface area contributed by atoms with Crippen LogP contribution in [0.15, 0.2) is 0 Å². The minimum absolute atomic E-state index is 0.00898. The van der Waals surface area contributed by atoms with Crippen molar-refractivity contribution < 1.29 is 14.4 Å². The Labute approximate surface area is 154 Å². The van der Waals surface area contributed by atoms with Crippen molar-refractivity contribution in [1.29, 1.82) is 5.41 Å². The molecule has 0 radical (unpaired) electrons. The van der Waals surface area contributed by atoms with Crippen molar-refractivity contribution in [2.45, 2.75) is 79.6 Å². The average Bonchev–Trinajstić information content (AvgIpc) is 2.64. The molecule has 25 heavy (non-hydrogen) atoms. The highest BCUT2D eigenvalue weighted by Crippen LogP contribution is 2.20. The number of hydrogen-bond acceptors (Lipinski definition) is 4. The molecule has 6 nitrogen and oxygen atoms in total. The first-order chi connectivity index (χ1) is 12.0. The van der Waals surface area contributed by atoms with Crippen LogP contribution >= 0.6 is 0 Å². The number of carbonyl (C=O) groups excluding carboxylic acids is 3. The van der Waals surface area contributed by atoms with Gasteiger partial charge in [0.2, 0.25) is 11.8 Å². The number of amides is 2. The Morgan fingerprint density at radius 1 is 1.24 bits per heavy atom. The van der Waals surface area contributed by atoms with Crippen molar-refractivity contribution in [3.05, 3.63) is 0 Å². The molecule has 6 heteroatoms. The fourth-order valence-corrected chi connectivity index (χ4v) is 2.01. The van der Waals surface area contributed by atoms with Crippen molar-refractivity contribution in [1.82, 2.24) is 10.6 Å². The monoisotopic (exact) mass is 357 g/mol. The summed E-state index contributed by atoms with van der Waals surface area (Å²) in [5, 5.41) is 12.9. The highest BCUT2D eigenvalue weighted by molar-refractivity contribution is 6.03. The van der Waals surface area contributed by atoms with E-state index in [-0.39, 0.29) is 17.7 Å². The predicted octanol–water partition coefficient (Wildman–Crippen LogP) is 3.49. The van der Waals surface area contributed by atoms with Gasteiger partial charge in [0.05, 0.1) is 5.92 Å². The third-order valence-corrected chi connectivity index (χ3v) is 3.35. The Hall–Kier alpha value is -1.72. The third kappa shape index (κ3) is 18.5. The molecule has 148 valence electrons. The fraction of sp³-hybridized carbons (Fsp3) is 0.789. The quantitative estimate of drug-likeness (QED) is 0.519. The number of aldehydes is 1. The minimum atomic E-state index is -0.131. The standard InChI is InChI=1S/C8H14N2O.C7H15NO.C2H4O.C2H6/c1-10-8(11)6-4-2-3-5-7(6)9;1-3-5-6-8-7(9)4-2;1-2-3;1-2/h6,9H,2-5H2,1H3,(H,10,11);3-6H2,1-2H3,(H,8,9);2H,1H3;1-2H3. The largest absolute Gasteiger partial charge is 0.359 e. The summed E-state index contributed by atoms with van der Waals surface area (Å²) in [5.74, 6) is 0.0342. The van der Waals surface area contributed by atoms with Gasteiger partial charge in [-0.25, -0.2) is 0 Å². The topological polar surface area (TPSA) is 99.1 Å². The summed E-state index contributed by atoms with van der Waals surface area (Å²) in [4.78, 5) is 30.5. The van der Waals surface area contributed by atoms with E-state index in [4.69, 9.17) is 10.2 Å². The zero-order chi connectivity index (χ0) is 20.1. The lowest BCUT2D eigenvalue weighted by molar-refractivity contribution is -0.123. The van der Waals surface area contributed by atoms with Gasteiger partial charge in [0.25, 0.3) is 0 Å². The summed E-state index contributed by atoms with van der Waals surface area (Å²) in [5.41, 5.74) is 0.607. The molecule has 0 aliphatic heterocycles. The molecule has 1 aliphatic carbocycles. The van der Waals surface area contributed by atoms with E-state index in [1.165, 1.54) is 6.92 Å². The van der Waals surface area contributed by atoms with Gasteiger partial charge in [0, 0.05) is 25.7 Å². The van der Waals surface area contributed by atoms with Crippen molar-refractivity contribution in [3.63, 3.8) is 0 Å². The Morgan fingerprint density at radius 2 is 1.80 bits per heavy atom. The van der Waals surface area contributed by atoms with Gasteiger partial charge in [-0.15, -0.1) is 0 Å². The molecular formula is C19H39N3O3. The van der Waals surface area contributed by atoms with Crippen LogP contribution in [0.1, 0.15) is 79.6 Å². The summed E-state index contributed by atoms with van der Waals surface area (Å²) in [7, 11) is 1.63. The van der Waals surface area contributed by atoms with E-state index < -0.39 is 0 Å². The molecule has 1 atom stereocenters. The summed E-state index contributed by atoms with van der Waals surface area (Å²) in [6, 6.07) is 0. The zero-order valence-electron chi connectivity index (χ0n) is 17.0. The van der Waals surface area contributed by atoms with Gasteiger partial charge in [-0.1, -0.05) is 40.5 Å². The molecule has 3 N–H and O–H groups in total. The maximum atomic E-state index is 11.1. The summed E-state index contributed by atoms with van der Waals surface area (Å²) >= 11 is 0. The molecule has 1 fully saturated rings. The van der Waals surface area contributed by atoms with Gasteiger partial charge in [0.1, 0.15) is 6.29 Å². The van der Waals surface area contributed by atoms with Crippen LogP contribution in [0.25, 0.3) is 0 Å². The Morgan fingerprint density at radius 3 is 2.20 bits per heavy atom. The molecule has 0 aromatic rings. The minimum Gasteiger partial charge on any atom is -0.359 e. The molecular weight excluding hydrogens is 318 g/mol. The lowest BCUT2D eigenvalue weighted by Crippen LogP contribution is -2.34. The summed E-state index contributed by atoms with van der Waals surface area (Å²) in [6.45, 7) is 10.3. The second kappa shape index (κ2) is 22.3. The summed E-state index contributed by atoms with van der Waals surface area (Å²) < 4.78 is 0. The maximum absolute atomic E-state index is 11.1. The molecule has 0 spiro atoms. The average molecular weight is 358 g/mol. The zero-order valence-corrected chi connectivity index (χ0v) is 17.0. The predicted molar refractivity (Wildman–Crippen MR) is 105 cm³/mol. The van der Waals surface area contributed by atoms with Crippen LogP contribution in [-0.2, 0) is 14.4 Å². The van der Waals surface area contributed by atoms with Crippen molar-refractivity contribution in [2.75, 3.05) is 13.6 Å². The highest BCUT2D eigenvalue weighted by Gasteiger charge is 2.24. The Kier molecular flexibility index (Phi) is 25.0. The number of carbonyl (C=O) groups is 3. The lowest BCUT2D eigenvalue weighted by Gasteiger charge is -2.20. The second-order valence-electron chi connectivity index (χ2n) is 5.23. The molecule has 0 aromatic heterocycles. The van der Waals surface area contributed by atoms with Gasteiger partial charge >= 0.3 is 0 Å². The SMILES string of the molecule is CC.CC=O.CCCCNC(=O)CC.CNC(=O)C1CCCCC1=N. The molecule has 1 rings (SSSR count). The van der Waals surface area contributed by atoms with E-state index in [1.807, 2.05) is 20.8 Å². The second-order valence-corrected chi connectivity index (χ2v) is 5.23. The maximum Gasteiger partial charge on any atom is 0.228 e. The van der Waals surface area contributed by atoms with Crippen LogP contribution in [0.5, 0.6) is 0 Å². The van der Waals surface area contributed by atoms with E-state index >= 15 is 0 Å². The number of nitrogens with one attached hydrogen (secondary N) is 3. The first kappa shape index (κ1) is 28.1. The van der Waals surface area contributed by atoms with Crippen molar-refractivity contribution in [2.24, 2.45) is 5.92 Å². The van der Waals surface area contributed by atoms with Crippen LogP contribution in [0.3, 0.4) is 0 Å². The van der Waals surface area contributed by atoms with E-state index in [9.17, 15) is 9.59 Å². The number of hydrogen-bond donors (Lipinski definition) is 3. The van der Waals surface area contributed by atoms with Crippen LogP contribution in [0, 0.1) is 11.3 Å². The van der Waals surface area contributed by atoms with Gasteiger partial charge in [-0.2, -0.15) is 0 Å². The van der Waals surface area contributed by atoms with Gasteiger partial charge < -0.3 is 20.8 Å². The first-order valence-corrected chi connectivity index (χ1v) is 9.43.